The zero-order chi connectivity index (χ0) is 13.7. The van der Waals surface area contributed by atoms with Gasteiger partial charge in [0.2, 0.25) is 5.95 Å². The molecule has 2 aromatic rings. The van der Waals surface area contributed by atoms with Crippen LogP contribution in [0.4, 0.5) is 5.95 Å². The lowest BCUT2D eigenvalue weighted by Crippen LogP contribution is -2.06. The number of aromatic nitrogens is 3. The molecule has 1 N–H and O–H groups in total. The Hall–Kier alpha value is -1.97. The molecule has 0 fully saturated rings. The number of rotatable bonds is 5. The fraction of sp³-hybridized carbons (Fsp3) is 0.400. The monoisotopic (exact) mass is 256 g/mol. The molecule has 0 saturated carbocycles. The summed E-state index contributed by atoms with van der Waals surface area (Å²) in [6.45, 7) is 6.98. The molecule has 0 aromatic carbocycles. The molecule has 0 aliphatic heterocycles. The summed E-state index contributed by atoms with van der Waals surface area (Å²) in [5.41, 5.74) is 4.28. The van der Waals surface area contributed by atoms with Crippen molar-refractivity contribution in [3.63, 3.8) is 0 Å². The first-order valence-corrected chi connectivity index (χ1v) is 6.73. The zero-order valence-electron chi connectivity index (χ0n) is 11.8. The van der Waals surface area contributed by atoms with E-state index < -0.39 is 0 Å². The van der Waals surface area contributed by atoms with Gasteiger partial charge in [-0.3, -0.25) is 4.98 Å². The number of nitrogens with one attached hydrogen (secondary N) is 1. The predicted molar refractivity (Wildman–Crippen MR) is 77.4 cm³/mol. The van der Waals surface area contributed by atoms with Gasteiger partial charge in [-0.1, -0.05) is 13.0 Å². The number of pyridine rings is 1. The van der Waals surface area contributed by atoms with E-state index in [0.29, 0.717) is 5.95 Å². The van der Waals surface area contributed by atoms with Crippen LogP contribution < -0.4 is 5.32 Å². The molecule has 19 heavy (non-hydrogen) atoms. The summed E-state index contributed by atoms with van der Waals surface area (Å²) in [6, 6.07) is 6.21. The first kappa shape index (κ1) is 13.5. The van der Waals surface area contributed by atoms with E-state index in [0.717, 1.165) is 36.5 Å². The molecule has 4 heteroatoms. The lowest BCUT2D eigenvalue weighted by atomic mass is 10.1. The summed E-state index contributed by atoms with van der Waals surface area (Å²) in [5.74, 6) is 0.697. The van der Waals surface area contributed by atoms with Crippen LogP contribution in [0.5, 0.6) is 0 Å². The largest absolute Gasteiger partial charge is 0.354 e. The Morgan fingerprint density at radius 2 is 1.95 bits per heavy atom. The molecule has 0 radical (unpaired) electrons. The highest BCUT2D eigenvalue weighted by Gasteiger charge is 2.04. The Kier molecular flexibility index (Phi) is 4.44. The van der Waals surface area contributed by atoms with E-state index in [1.165, 1.54) is 5.56 Å². The van der Waals surface area contributed by atoms with Gasteiger partial charge in [-0.15, -0.1) is 0 Å². The van der Waals surface area contributed by atoms with Gasteiger partial charge in [-0.25, -0.2) is 9.97 Å². The number of hydrogen-bond donors (Lipinski definition) is 1. The van der Waals surface area contributed by atoms with Crippen molar-refractivity contribution in [2.24, 2.45) is 0 Å². The highest BCUT2D eigenvalue weighted by molar-refractivity contribution is 5.29. The second kappa shape index (κ2) is 6.27. The van der Waals surface area contributed by atoms with E-state index in [-0.39, 0.29) is 0 Å². The van der Waals surface area contributed by atoms with Gasteiger partial charge in [0.25, 0.3) is 0 Å². The molecule has 0 atom stereocenters. The standard InChI is InChI=1S/C15H20N4/c1-4-12-6-7-13(17-10-12)9-14-8-11(3)18-15(19-14)16-5-2/h6-8,10H,4-5,9H2,1-3H3,(H,16,18,19). The van der Waals surface area contributed by atoms with E-state index in [4.69, 9.17) is 0 Å². The molecular formula is C15H20N4. The molecular weight excluding hydrogens is 236 g/mol. The van der Waals surface area contributed by atoms with Crippen molar-refractivity contribution in [3.05, 3.63) is 47.0 Å². The van der Waals surface area contributed by atoms with Gasteiger partial charge in [0.05, 0.1) is 5.69 Å². The van der Waals surface area contributed by atoms with Gasteiger partial charge in [-0.05, 0) is 38.0 Å². The van der Waals surface area contributed by atoms with E-state index in [9.17, 15) is 0 Å². The third-order valence-electron chi connectivity index (χ3n) is 2.90. The molecule has 0 spiro atoms. The maximum Gasteiger partial charge on any atom is 0.223 e. The lowest BCUT2D eigenvalue weighted by molar-refractivity contribution is 0.952. The van der Waals surface area contributed by atoms with E-state index >= 15 is 0 Å². The summed E-state index contributed by atoms with van der Waals surface area (Å²) < 4.78 is 0. The predicted octanol–water partition coefficient (Wildman–Crippen LogP) is 2.77. The lowest BCUT2D eigenvalue weighted by Gasteiger charge is -2.06. The second-order valence-corrected chi connectivity index (χ2v) is 4.54. The average Bonchev–Trinajstić information content (AvgIpc) is 2.39. The number of nitrogens with zero attached hydrogens (tertiary/aromatic N) is 3. The Morgan fingerprint density at radius 1 is 1.11 bits per heavy atom. The normalized spacial score (nSPS) is 10.5. The minimum atomic E-state index is 0.697. The Balaban J connectivity index is 2.17. The van der Waals surface area contributed by atoms with E-state index in [1.807, 2.05) is 26.1 Å². The van der Waals surface area contributed by atoms with Crippen molar-refractivity contribution in [1.82, 2.24) is 15.0 Å². The molecule has 2 rings (SSSR count). The molecule has 0 saturated heterocycles. The summed E-state index contributed by atoms with van der Waals surface area (Å²) >= 11 is 0. The first-order valence-electron chi connectivity index (χ1n) is 6.73. The summed E-state index contributed by atoms with van der Waals surface area (Å²) in [6.07, 6.45) is 3.70. The fourth-order valence-electron chi connectivity index (χ4n) is 1.92. The van der Waals surface area contributed by atoms with Crippen LogP contribution in [-0.2, 0) is 12.8 Å². The topological polar surface area (TPSA) is 50.7 Å². The molecule has 0 aliphatic carbocycles. The third kappa shape index (κ3) is 3.74. The van der Waals surface area contributed by atoms with Crippen molar-refractivity contribution in [2.75, 3.05) is 11.9 Å². The first-order chi connectivity index (χ1) is 9.21. The summed E-state index contributed by atoms with van der Waals surface area (Å²) in [7, 11) is 0. The quantitative estimate of drug-likeness (QED) is 0.893. The number of hydrogen-bond acceptors (Lipinski definition) is 4. The Bertz CT molecular complexity index is 534. The van der Waals surface area contributed by atoms with Crippen molar-refractivity contribution >= 4 is 5.95 Å². The minimum Gasteiger partial charge on any atom is -0.354 e. The van der Waals surface area contributed by atoms with Crippen LogP contribution in [0.1, 0.15) is 36.5 Å². The maximum atomic E-state index is 4.50. The summed E-state index contributed by atoms with van der Waals surface area (Å²) in [5, 5.41) is 3.15. The second-order valence-electron chi connectivity index (χ2n) is 4.54. The van der Waals surface area contributed by atoms with Crippen molar-refractivity contribution in [3.8, 4) is 0 Å². The summed E-state index contributed by atoms with van der Waals surface area (Å²) in [4.78, 5) is 13.3. The van der Waals surface area contributed by atoms with Gasteiger partial charge in [0, 0.05) is 30.6 Å². The SMILES string of the molecule is CCNc1nc(C)cc(Cc2ccc(CC)cn2)n1. The van der Waals surface area contributed by atoms with Gasteiger partial charge < -0.3 is 5.32 Å². The van der Waals surface area contributed by atoms with E-state index in [2.05, 4.69) is 39.3 Å². The molecule has 2 heterocycles. The van der Waals surface area contributed by atoms with Crippen LogP contribution in [0.2, 0.25) is 0 Å². The molecule has 0 aliphatic rings. The van der Waals surface area contributed by atoms with Gasteiger partial charge in [-0.2, -0.15) is 0 Å². The maximum absolute atomic E-state index is 4.50. The number of aryl methyl sites for hydroxylation is 2. The van der Waals surface area contributed by atoms with Crippen LogP contribution in [-0.4, -0.2) is 21.5 Å². The molecule has 2 aromatic heterocycles. The fourth-order valence-corrected chi connectivity index (χ4v) is 1.92. The Morgan fingerprint density at radius 3 is 2.58 bits per heavy atom. The van der Waals surface area contributed by atoms with Crippen molar-refractivity contribution in [2.45, 2.75) is 33.6 Å². The minimum absolute atomic E-state index is 0.697. The smallest absolute Gasteiger partial charge is 0.223 e. The van der Waals surface area contributed by atoms with Gasteiger partial charge >= 0.3 is 0 Å². The zero-order valence-corrected chi connectivity index (χ0v) is 11.8. The van der Waals surface area contributed by atoms with Crippen LogP contribution >= 0.6 is 0 Å². The molecule has 4 nitrogen and oxygen atoms in total. The van der Waals surface area contributed by atoms with Crippen molar-refractivity contribution < 1.29 is 0 Å². The van der Waals surface area contributed by atoms with E-state index in [1.54, 1.807) is 0 Å². The highest BCUT2D eigenvalue weighted by atomic mass is 15.1. The third-order valence-corrected chi connectivity index (χ3v) is 2.90. The Labute approximate surface area is 114 Å². The molecule has 0 bridgehead atoms. The van der Waals surface area contributed by atoms with Crippen LogP contribution in [0, 0.1) is 6.92 Å². The van der Waals surface area contributed by atoms with Gasteiger partial charge in [0.15, 0.2) is 0 Å². The highest BCUT2D eigenvalue weighted by Crippen LogP contribution is 2.10. The molecule has 100 valence electrons. The molecule has 0 amide bonds. The van der Waals surface area contributed by atoms with Crippen molar-refractivity contribution in [1.29, 1.82) is 0 Å². The van der Waals surface area contributed by atoms with Crippen LogP contribution in [0.3, 0.4) is 0 Å². The molecule has 0 unspecified atom stereocenters. The van der Waals surface area contributed by atoms with Crippen LogP contribution in [0.25, 0.3) is 0 Å². The number of anilines is 1. The average molecular weight is 256 g/mol. The van der Waals surface area contributed by atoms with Gasteiger partial charge in [0.1, 0.15) is 0 Å². The van der Waals surface area contributed by atoms with Crippen LogP contribution in [0.15, 0.2) is 24.4 Å².